The van der Waals surface area contributed by atoms with Crippen LogP contribution in [0.25, 0.3) is 10.9 Å². The van der Waals surface area contributed by atoms with Gasteiger partial charge in [0.05, 0.1) is 12.6 Å². The minimum Gasteiger partial charge on any atom is -0.497 e. The van der Waals surface area contributed by atoms with Crippen LogP contribution >= 0.6 is 0 Å². The zero-order valence-electron chi connectivity index (χ0n) is 13.3. The Kier molecular flexibility index (Phi) is 4.20. The Labute approximate surface area is 133 Å². The van der Waals surface area contributed by atoms with E-state index in [1.807, 2.05) is 7.05 Å². The van der Waals surface area contributed by atoms with Crippen LogP contribution in [0.4, 0.5) is 10.5 Å². The van der Waals surface area contributed by atoms with E-state index in [0.29, 0.717) is 29.7 Å². The van der Waals surface area contributed by atoms with Crippen LogP contribution in [0, 0.1) is 0 Å². The summed E-state index contributed by atoms with van der Waals surface area (Å²) < 4.78 is 5.14. The van der Waals surface area contributed by atoms with Gasteiger partial charge in [-0.25, -0.2) is 4.79 Å². The predicted molar refractivity (Wildman–Crippen MR) is 89.2 cm³/mol. The van der Waals surface area contributed by atoms with Gasteiger partial charge in [-0.05, 0) is 19.2 Å². The molecule has 2 heterocycles. The molecule has 1 aliphatic heterocycles. The zero-order valence-corrected chi connectivity index (χ0v) is 13.3. The maximum Gasteiger partial charge on any atom is 0.322 e. The maximum absolute atomic E-state index is 12.5. The Morgan fingerprint density at radius 2 is 2.00 bits per heavy atom. The number of H-pyrrole nitrogens is 1. The molecule has 23 heavy (non-hydrogen) atoms. The Balaban J connectivity index is 1.82. The monoisotopic (exact) mass is 316 g/mol. The van der Waals surface area contributed by atoms with Crippen LogP contribution < -0.4 is 15.5 Å². The highest BCUT2D eigenvalue weighted by Gasteiger charge is 2.20. The van der Waals surface area contributed by atoms with Crippen molar-refractivity contribution < 1.29 is 9.53 Å². The molecule has 0 spiro atoms. The number of amides is 2. The lowest BCUT2D eigenvalue weighted by molar-refractivity contribution is 0.164. The molecule has 7 heteroatoms. The molecule has 2 aromatic rings. The summed E-state index contributed by atoms with van der Waals surface area (Å²) in [6.07, 6.45) is 1.53. The first-order valence-corrected chi connectivity index (χ1v) is 7.52. The van der Waals surface area contributed by atoms with Crippen molar-refractivity contribution in [1.82, 2.24) is 14.8 Å². The second-order valence-electron chi connectivity index (χ2n) is 5.66. The molecular formula is C16H20N4O3. The Bertz CT molecular complexity index is 778. The maximum atomic E-state index is 12.5. The molecule has 0 atom stereocenters. The number of benzene rings is 1. The quantitative estimate of drug-likeness (QED) is 0.876. The molecule has 0 aliphatic carbocycles. The molecule has 0 bridgehead atoms. The lowest BCUT2D eigenvalue weighted by Crippen LogP contribution is -2.48. The van der Waals surface area contributed by atoms with Crippen molar-refractivity contribution in [2.24, 2.45) is 0 Å². The number of aromatic nitrogens is 1. The number of hydrogen-bond acceptors (Lipinski definition) is 4. The van der Waals surface area contributed by atoms with Crippen molar-refractivity contribution in [3.8, 4) is 5.75 Å². The van der Waals surface area contributed by atoms with Gasteiger partial charge >= 0.3 is 6.03 Å². The molecule has 1 fully saturated rings. The number of pyridine rings is 1. The number of likely N-dealkylation sites (N-methyl/N-ethyl adjacent to an activating group) is 1. The van der Waals surface area contributed by atoms with E-state index in [-0.39, 0.29) is 17.1 Å². The number of anilines is 1. The molecule has 0 saturated carbocycles. The van der Waals surface area contributed by atoms with Crippen molar-refractivity contribution in [2.75, 3.05) is 45.7 Å². The number of aromatic amines is 1. The molecule has 1 aromatic heterocycles. The Morgan fingerprint density at radius 3 is 2.70 bits per heavy atom. The number of carbonyl (C=O) groups is 1. The number of urea groups is 1. The molecule has 7 nitrogen and oxygen atoms in total. The van der Waals surface area contributed by atoms with Gasteiger partial charge in [-0.3, -0.25) is 4.79 Å². The normalized spacial score (nSPS) is 15.7. The first-order chi connectivity index (χ1) is 11.1. The topological polar surface area (TPSA) is 77.7 Å². The molecule has 3 rings (SSSR count). The number of methoxy groups -OCH3 is 1. The van der Waals surface area contributed by atoms with Crippen LogP contribution in [-0.4, -0.2) is 61.2 Å². The third kappa shape index (κ3) is 3.14. The highest BCUT2D eigenvalue weighted by atomic mass is 16.5. The number of rotatable bonds is 2. The van der Waals surface area contributed by atoms with Gasteiger partial charge in [-0.2, -0.15) is 0 Å². The van der Waals surface area contributed by atoms with E-state index in [4.69, 9.17) is 4.74 Å². The summed E-state index contributed by atoms with van der Waals surface area (Å²) in [6.45, 7) is 2.98. The second-order valence-corrected chi connectivity index (χ2v) is 5.66. The van der Waals surface area contributed by atoms with Crippen molar-refractivity contribution in [2.45, 2.75) is 0 Å². The first-order valence-electron chi connectivity index (χ1n) is 7.52. The predicted octanol–water partition coefficient (Wildman–Crippen LogP) is 1.32. The molecule has 0 unspecified atom stereocenters. The van der Waals surface area contributed by atoms with Gasteiger partial charge in [-0.1, -0.05) is 0 Å². The SMILES string of the molecule is COc1ccc2c(=O)c(NC(=O)N3CCN(C)CC3)c[nH]c2c1. The second kappa shape index (κ2) is 6.29. The van der Waals surface area contributed by atoms with Crippen molar-refractivity contribution in [1.29, 1.82) is 0 Å². The van der Waals surface area contributed by atoms with Crippen LogP contribution in [0.1, 0.15) is 0 Å². The number of piperazine rings is 1. The lowest BCUT2D eigenvalue weighted by atomic mass is 10.2. The number of fused-ring (bicyclic) bond motifs is 1. The minimum absolute atomic E-state index is 0.205. The molecule has 2 amide bonds. The third-order valence-corrected chi connectivity index (χ3v) is 4.12. The van der Waals surface area contributed by atoms with E-state index < -0.39 is 0 Å². The van der Waals surface area contributed by atoms with E-state index in [1.165, 1.54) is 6.20 Å². The van der Waals surface area contributed by atoms with Crippen LogP contribution in [0.5, 0.6) is 5.75 Å². The highest BCUT2D eigenvalue weighted by molar-refractivity contribution is 5.92. The van der Waals surface area contributed by atoms with Crippen LogP contribution in [0.2, 0.25) is 0 Å². The standard InChI is InChI=1S/C16H20N4O3/c1-19-5-7-20(8-6-19)16(22)18-14-10-17-13-9-11(23-2)3-4-12(13)15(14)21/h3-4,9-10H,5-8H2,1-2H3,(H,17,21)(H,18,22). The fraction of sp³-hybridized carbons (Fsp3) is 0.375. The Morgan fingerprint density at radius 1 is 1.26 bits per heavy atom. The minimum atomic E-state index is -0.239. The summed E-state index contributed by atoms with van der Waals surface area (Å²) >= 11 is 0. The third-order valence-electron chi connectivity index (χ3n) is 4.12. The van der Waals surface area contributed by atoms with Crippen molar-refractivity contribution in [3.05, 3.63) is 34.6 Å². The van der Waals surface area contributed by atoms with Gasteiger partial charge in [0.25, 0.3) is 0 Å². The van der Waals surface area contributed by atoms with Crippen LogP contribution in [-0.2, 0) is 0 Å². The van der Waals surface area contributed by atoms with E-state index in [0.717, 1.165) is 13.1 Å². The Hall–Kier alpha value is -2.54. The average molecular weight is 316 g/mol. The lowest BCUT2D eigenvalue weighted by Gasteiger charge is -2.32. The van der Waals surface area contributed by atoms with Crippen molar-refractivity contribution >= 4 is 22.6 Å². The van der Waals surface area contributed by atoms with Gasteiger partial charge in [0.2, 0.25) is 5.43 Å². The van der Waals surface area contributed by atoms with Gasteiger partial charge < -0.3 is 24.8 Å². The number of nitrogens with zero attached hydrogens (tertiary/aromatic N) is 2. The van der Waals surface area contributed by atoms with Crippen LogP contribution in [0.3, 0.4) is 0 Å². The molecule has 1 aliphatic rings. The van der Waals surface area contributed by atoms with E-state index >= 15 is 0 Å². The molecular weight excluding hydrogens is 296 g/mol. The molecule has 1 aromatic carbocycles. The molecule has 0 radical (unpaired) electrons. The largest absolute Gasteiger partial charge is 0.497 e. The first kappa shape index (κ1) is 15.4. The van der Waals surface area contributed by atoms with E-state index in [1.54, 1.807) is 30.2 Å². The summed E-state index contributed by atoms with van der Waals surface area (Å²) in [5, 5.41) is 3.22. The number of carbonyl (C=O) groups excluding carboxylic acids is 1. The highest BCUT2D eigenvalue weighted by Crippen LogP contribution is 2.18. The zero-order chi connectivity index (χ0) is 16.4. The van der Waals surface area contributed by atoms with E-state index in [9.17, 15) is 9.59 Å². The smallest absolute Gasteiger partial charge is 0.322 e. The number of ether oxygens (including phenoxy) is 1. The number of nitrogens with one attached hydrogen (secondary N) is 2. The fourth-order valence-electron chi connectivity index (χ4n) is 2.62. The summed E-state index contributed by atoms with van der Waals surface area (Å²) in [6, 6.07) is 4.93. The number of hydrogen-bond donors (Lipinski definition) is 2. The summed E-state index contributed by atoms with van der Waals surface area (Å²) in [5.41, 5.74) is 0.724. The van der Waals surface area contributed by atoms with Crippen molar-refractivity contribution in [3.63, 3.8) is 0 Å². The van der Waals surface area contributed by atoms with Gasteiger partial charge in [-0.15, -0.1) is 0 Å². The van der Waals surface area contributed by atoms with Gasteiger partial charge in [0, 0.05) is 43.8 Å². The summed E-state index contributed by atoms with van der Waals surface area (Å²) in [4.78, 5) is 31.7. The molecule has 2 N–H and O–H groups in total. The summed E-state index contributed by atoms with van der Waals surface area (Å²) in [7, 11) is 3.60. The van der Waals surface area contributed by atoms with E-state index in [2.05, 4.69) is 15.2 Å². The molecule has 1 saturated heterocycles. The molecule has 122 valence electrons. The van der Waals surface area contributed by atoms with Gasteiger partial charge in [0.15, 0.2) is 0 Å². The average Bonchev–Trinajstić information content (AvgIpc) is 2.57. The fourth-order valence-corrected chi connectivity index (χ4v) is 2.62. The van der Waals surface area contributed by atoms with Crippen LogP contribution in [0.15, 0.2) is 29.2 Å². The van der Waals surface area contributed by atoms with Gasteiger partial charge in [0.1, 0.15) is 11.4 Å². The summed E-state index contributed by atoms with van der Waals surface area (Å²) in [5.74, 6) is 0.669.